The smallest absolute Gasteiger partial charge is 0.339 e. The molecule has 1 heterocycles. The number of hydrazone groups is 1. The second kappa shape index (κ2) is 6.05. The molecule has 2 aromatic rings. The van der Waals surface area contributed by atoms with E-state index in [4.69, 9.17) is 0 Å². The summed E-state index contributed by atoms with van der Waals surface area (Å²) in [5.41, 5.74) is 9.09. The molecule has 0 aliphatic heterocycles. The summed E-state index contributed by atoms with van der Waals surface area (Å²) in [4.78, 5) is 15.3. The number of hydrogen-bond acceptors (Lipinski definition) is 2. The first-order valence-corrected chi connectivity index (χ1v) is 7.52. The fourth-order valence-corrected chi connectivity index (χ4v) is 2.84. The zero-order chi connectivity index (χ0) is 15.5. The number of carbonyl (C=O) groups excluding carboxylic acids is 1. The largest absolute Gasteiger partial charge is 0.362 e. The van der Waals surface area contributed by atoms with E-state index in [0.717, 1.165) is 30.7 Å². The van der Waals surface area contributed by atoms with Gasteiger partial charge in [-0.15, -0.1) is 0 Å². The third-order valence-electron chi connectivity index (χ3n) is 4.03. The summed E-state index contributed by atoms with van der Waals surface area (Å²) in [7, 11) is 0. The number of nitrogens with zero attached hydrogens (tertiary/aromatic N) is 1. The molecular weight excluding hydrogens is 276 g/mol. The highest BCUT2D eigenvalue weighted by Crippen LogP contribution is 2.26. The molecule has 3 N–H and O–H groups in total. The van der Waals surface area contributed by atoms with E-state index in [9.17, 15) is 4.79 Å². The molecule has 0 saturated heterocycles. The molecule has 1 aromatic carbocycles. The molecule has 5 nitrogen and oxygen atoms in total. The van der Waals surface area contributed by atoms with Crippen LogP contribution in [0.5, 0.6) is 0 Å². The zero-order valence-electron chi connectivity index (χ0n) is 12.9. The van der Waals surface area contributed by atoms with E-state index in [1.54, 1.807) is 0 Å². The van der Waals surface area contributed by atoms with Crippen LogP contribution >= 0.6 is 0 Å². The topological polar surface area (TPSA) is 69.3 Å². The summed E-state index contributed by atoms with van der Waals surface area (Å²) >= 11 is 0. The Labute approximate surface area is 129 Å². The van der Waals surface area contributed by atoms with E-state index in [1.807, 2.05) is 30.3 Å². The van der Waals surface area contributed by atoms with E-state index in [1.165, 1.54) is 22.5 Å². The highest BCUT2D eigenvalue weighted by molar-refractivity contribution is 6.04. The van der Waals surface area contributed by atoms with Crippen molar-refractivity contribution in [1.82, 2.24) is 10.4 Å². The van der Waals surface area contributed by atoms with Crippen molar-refractivity contribution in [1.29, 1.82) is 0 Å². The number of carbonyl (C=O) groups is 1. The van der Waals surface area contributed by atoms with Crippen molar-refractivity contribution in [3.8, 4) is 0 Å². The number of nitrogens with one attached hydrogen (secondary N) is 3. The molecule has 3 rings (SSSR count). The molecule has 0 saturated carbocycles. The molecule has 0 spiro atoms. The SMILES string of the molecule is Cc1[nH]c2c(c1C)/C(=N/NC(=O)Nc1ccccc1)CCC2. The molecule has 0 fully saturated rings. The number of amides is 2. The number of para-hydroxylation sites is 1. The number of aromatic amines is 1. The summed E-state index contributed by atoms with van der Waals surface area (Å²) < 4.78 is 0. The van der Waals surface area contributed by atoms with E-state index < -0.39 is 0 Å². The molecular formula is C17H20N4O. The van der Waals surface area contributed by atoms with E-state index in [2.05, 4.69) is 34.7 Å². The van der Waals surface area contributed by atoms with Crippen molar-refractivity contribution >= 4 is 17.4 Å². The van der Waals surface area contributed by atoms with Gasteiger partial charge < -0.3 is 10.3 Å². The van der Waals surface area contributed by atoms with Crippen LogP contribution in [-0.4, -0.2) is 16.7 Å². The van der Waals surface area contributed by atoms with Crippen molar-refractivity contribution in [2.24, 2.45) is 5.10 Å². The third kappa shape index (κ3) is 2.88. The fourth-order valence-electron chi connectivity index (χ4n) is 2.84. The first kappa shape index (κ1) is 14.4. The van der Waals surface area contributed by atoms with Gasteiger partial charge in [-0.1, -0.05) is 18.2 Å². The average molecular weight is 296 g/mol. The fraction of sp³-hybridized carbons (Fsp3) is 0.294. The predicted octanol–water partition coefficient (Wildman–Crippen LogP) is 3.49. The van der Waals surface area contributed by atoms with Gasteiger partial charge in [-0.25, -0.2) is 10.2 Å². The number of aromatic nitrogens is 1. The van der Waals surface area contributed by atoms with E-state index >= 15 is 0 Å². The monoisotopic (exact) mass is 296 g/mol. The lowest BCUT2D eigenvalue weighted by atomic mass is 9.93. The Morgan fingerprint density at radius 1 is 1.18 bits per heavy atom. The van der Waals surface area contributed by atoms with Crippen LogP contribution in [-0.2, 0) is 6.42 Å². The molecule has 5 heteroatoms. The van der Waals surface area contributed by atoms with Crippen LogP contribution in [0.2, 0.25) is 0 Å². The van der Waals surface area contributed by atoms with Gasteiger partial charge in [-0.05, 0) is 50.8 Å². The van der Waals surface area contributed by atoms with Gasteiger partial charge in [-0.2, -0.15) is 5.10 Å². The van der Waals surface area contributed by atoms with Gasteiger partial charge >= 0.3 is 6.03 Å². The minimum atomic E-state index is -0.323. The molecule has 0 bridgehead atoms. The number of rotatable bonds is 2. The van der Waals surface area contributed by atoms with Crippen molar-refractivity contribution in [2.75, 3.05) is 5.32 Å². The number of H-pyrrole nitrogens is 1. The van der Waals surface area contributed by atoms with E-state index in [-0.39, 0.29) is 6.03 Å². The number of urea groups is 1. The van der Waals surface area contributed by atoms with Crippen molar-refractivity contribution in [3.63, 3.8) is 0 Å². The van der Waals surface area contributed by atoms with Crippen LogP contribution in [0.25, 0.3) is 0 Å². The van der Waals surface area contributed by atoms with E-state index in [0.29, 0.717) is 0 Å². The number of benzene rings is 1. The molecule has 22 heavy (non-hydrogen) atoms. The standard InChI is InChI=1S/C17H20N4O/c1-11-12(2)18-14-9-6-10-15(16(11)14)20-21-17(22)19-13-7-4-3-5-8-13/h3-5,7-8,18H,6,9-10H2,1-2H3,(H2,19,21,22)/b20-15+. The molecule has 2 amide bonds. The van der Waals surface area contributed by atoms with Crippen LogP contribution in [0.3, 0.4) is 0 Å². The zero-order valence-corrected chi connectivity index (χ0v) is 12.9. The molecule has 1 aliphatic carbocycles. The van der Waals surface area contributed by atoms with Crippen molar-refractivity contribution in [3.05, 3.63) is 52.8 Å². The Morgan fingerprint density at radius 3 is 2.73 bits per heavy atom. The van der Waals surface area contributed by atoms with Crippen molar-refractivity contribution < 1.29 is 4.79 Å². The Bertz CT molecular complexity index is 716. The molecule has 0 unspecified atom stereocenters. The Kier molecular flexibility index (Phi) is 3.96. The second-order valence-corrected chi connectivity index (χ2v) is 5.57. The maximum Gasteiger partial charge on any atom is 0.339 e. The van der Waals surface area contributed by atoms with Gasteiger partial charge in [0.2, 0.25) is 0 Å². The molecule has 114 valence electrons. The maximum absolute atomic E-state index is 11.9. The van der Waals surface area contributed by atoms with Gasteiger partial charge in [0.05, 0.1) is 5.71 Å². The van der Waals surface area contributed by atoms with Crippen LogP contribution in [0.15, 0.2) is 35.4 Å². The minimum Gasteiger partial charge on any atom is -0.362 e. The number of fused-ring (bicyclic) bond motifs is 1. The first-order chi connectivity index (χ1) is 10.6. The summed E-state index contributed by atoms with van der Waals surface area (Å²) in [6.07, 6.45) is 2.98. The summed E-state index contributed by atoms with van der Waals surface area (Å²) in [5.74, 6) is 0. The van der Waals surface area contributed by atoms with Crippen LogP contribution in [0, 0.1) is 13.8 Å². The predicted molar refractivity (Wildman–Crippen MR) is 88.3 cm³/mol. The van der Waals surface area contributed by atoms with Crippen molar-refractivity contribution in [2.45, 2.75) is 33.1 Å². The number of hydrogen-bond donors (Lipinski definition) is 3. The molecule has 1 aliphatic rings. The first-order valence-electron chi connectivity index (χ1n) is 7.52. The lowest BCUT2D eigenvalue weighted by Crippen LogP contribution is -2.26. The maximum atomic E-state index is 11.9. The molecule has 0 radical (unpaired) electrons. The molecule has 0 atom stereocenters. The Balaban J connectivity index is 1.73. The van der Waals surface area contributed by atoms with Crippen LogP contribution < -0.4 is 10.7 Å². The van der Waals surface area contributed by atoms with Crippen LogP contribution in [0.4, 0.5) is 10.5 Å². The quantitative estimate of drug-likeness (QED) is 0.729. The summed E-state index contributed by atoms with van der Waals surface area (Å²) in [6, 6.07) is 9.01. The average Bonchev–Trinajstić information content (AvgIpc) is 2.82. The normalized spacial score (nSPS) is 15.5. The number of aryl methyl sites for hydroxylation is 2. The second-order valence-electron chi connectivity index (χ2n) is 5.57. The third-order valence-corrected chi connectivity index (χ3v) is 4.03. The summed E-state index contributed by atoms with van der Waals surface area (Å²) in [5, 5.41) is 7.09. The minimum absolute atomic E-state index is 0.323. The van der Waals surface area contributed by atoms with Crippen LogP contribution in [0.1, 0.15) is 35.4 Å². The highest BCUT2D eigenvalue weighted by atomic mass is 16.2. The van der Waals surface area contributed by atoms with Gasteiger partial charge in [0.25, 0.3) is 0 Å². The van der Waals surface area contributed by atoms with Gasteiger partial charge in [0.15, 0.2) is 0 Å². The Morgan fingerprint density at radius 2 is 1.95 bits per heavy atom. The number of anilines is 1. The Hall–Kier alpha value is -2.56. The highest BCUT2D eigenvalue weighted by Gasteiger charge is 2.21. The van der Waals surface area contributed by atoms with Gasteiger partial charge in [0.1, 0.15) is 0 Å². The van der Waals surface area contributed by atoms with Gasteiger partial charge in [-0.3, -0.25) is 0 Å². The lowest BCUT2D eigenvalue weighted by Gasteiger charge is -2.15. The molecule has 1 aromatic heterocycles. The summed E-state index contributed by atoms with van der Waals surface area (Å²) in [6.45, 7) is 4.16. The lowest BCUT2D eigenvalue weighted by molar-refractivity contribution is 0.252. The van der Waals surface area contributed by atoms with Gasteiger partial charge in [0, 0.05) is 22.6 Å².